The molecule has 1 unspecified atom stereocenters. The number of aryl methyl sites for hydroxylation is 1. The van der Waals surface area contributed by atoms with Crippen LogP contribution in [0.2, 0.25) is 0 Å². The molecule has 1 aliphatic heterocycles. The molecule has 2 amide bonds. The van der Waals surface area contributed by atoms with Crippen LogP contribution in [-0.2, 0) is 22.4 Å². The molecular weight excluding hydrogens is 340 g/mol. The summed E-state index contributed by atoms with van der Waals surface area (Å²) in [5, 5.41) is 10.3. The van der Waals surface area contributed by atoms with Crippen molar-refractivity contribution in [1.29, 1.82) is 0 Å². The fourth-order valence-corrected chi connectivity index (χ4v) is 3.40. The van der Waals surface area contributed by atoms with E-state index >= 15 is 0 Å². The highest BCUT2D eigenvalue weighted by molar-refractivity contribution is 5.86. The van der Waals surface area contributed by atoms with E-state index in [2.05, 4.69) is 12.1 Å². The van der Waals surface area contributed by atoms with Crippen LogP contribution >= 0.6 is 0 Å². The van der Waals surface area contributed by atoms with Crippen LogP contribution in [-0.4, -0.2) is 59.0 Å². The van der Waals surface area contributed by atoms with Crippen LogP contribution < -0.4 is 0 Å². The zero-order valence-electron chi connectivity index (χ0n) is 15.5. The van der Waals surface area contributed by atoms with Gasteiger partial charge >= 0.3 is 0 Å². The lowest BCUT2D eigenvalue weighted by atomic mass is 10.1. The molecule has 142 valence electrons. The van der Waals surface area contributed by atoms with E-state index in [4.69, 9.17) is 0 Å². The zero-order valence-corrected chi connectivity index (χ0v) is 15.5. The van der Waals surface area contributed by atoms with Crippen molar-refractivity contribution in [3.8, 4) is 0 Å². The number of nitrogens with zero attached hydrogens (tertiary/aromatic N) is 2. The van der Waals surface area contributed by atoms with E-state index in [1.54, 1.807) is 4.90 Å². The highest BCUT2D eigenvalue weighted by atomic mass is 16.3. The molecule has 3 rings (SSSR count). The number of carbonyl (C=O) groups excluding carboxylic acids is 2. The van der Waals surface area contributed by atoms with Crippen LogP contribution in [0.1, 0.15) is 17.5 Å². The Labute approximate surface area is 160 Å². The van der Waals surface area contributed by atoms with E-state index < -0.39 is 6.10 Å². The summed E-state index contributed by atoms with van der Waals surface area (Å²) < 4.78 is 0. The number of hydrogen-bond acceptors (Lipinski definition) is 3. The smallest absolute Gasteiger partial charge is 0.242 e. The van der Waals surface area contributed by atoms with E-state index in [9.17, 15) is 14.7 Å². The SMILES string of the molecule is O=C1CN(C(=O)Cc2ccccc2)CC(O)CN1CCCc1ccccc1. The number of aliphatic hydroxyl groups excluding tert-OH is 1. The first-order valence-corrected chi connectivity index (χ1v) is 9.43. The molecule has 2 aromatic carbocycles. The summed E-state index contributed by atoms with van der Waals surface area (Å²) in [7, 11) is 0. The molecule has 1 fully saturated rings. The summed E-state index contributed by atoms with van der Waals surface area (Å²) >= 11 is 0. The molecule has 0 aromatic heterocycles. The molecule has 1 heterocycles. The van der Waals surface area contributed by atoms with Crippen LogP contribution in [0.15, 0.2) is 60.7 Å². The maximum atomic E-state index is 12.6. The normalized spacial score (nSPS) is 17.7. The molecule has 0 aliphatic carbocycles. The molecule has 2 aromatic rings. The van der Waals surface area contributed by atoms with Gasteiger partial charge in [-0.1, -0.05) is 60.7 Å². The monoisotopic (exact) mass is 366 g/mol. The second-order valence-corrected chi connectivity index (χ2v) is 7.02. The standard InChI is InChI=1S/C22H26N2O3/c25-20-15-23(13-7-12-18-8-3-1-4-9-18)22(27)17-24(16-20)21(26)14-19-10-5-2-6-11-19/h1-6,8-11,20,25H,7,12-17H2. The quantitative estimate of drug-likeness (QED) is 0.849. The van der Waals surface area contributed by atoms with Gasteiger partial charge in [0.1, 0.15) is 0 Å². The third-order valence-electron chi connectivity index (χ3n) is 4.83. The molecule has 0 bridgehead atoms. The molecular formula is C22H26N2O3. The van der Waals surface area contributed by atoms with E-state index in [1.807, 2.05) is 48.5 Å². The molecule has 27 heavy (non-hydrogen) atoms. The molecule has 0 radical (unpaired) electrons. The molecule has 1 saturated heterocycles. The fourth-order valence-electron chi connectivity index (χ4n) is 3.40. The number of β-amino-alcohol motifs (C(OH)–C–C–N with tert-alkyl or cyclic N) is 1. The van der Waals surface area contributed by atoms with E-state index in [0.717, 1.165) is 18.4 Å². The van der Waals surface area contributed by atoms with Crippen molar-refractivity contribution < 1.29 is 14.7 Å². The summed E-state index contributed by atoms with van der Waals surface area (Å²) in [6.07, 6.45) is 1.25. The van der Waals surface area contributed by atoms with E-state index in [1.165, 1.54) is 10.5 Å². The van der Waals surface area contributed by atoms with Gasteiger partial charge in [-0.2, -0.15) is 0 Å². The van der Waals surface area contributed by atoms with Crippen LogP contribution in [0.4, 0.5) is 0 Å². The average molecular weight is 366 g/mol. The lowest BCUT2D eigenvalue weighted by molar-refractivity contribution is -0.138. The number of benzene rings is 2. The Hall–Kier alpha value is -2.66. The highest BCUT2D eigenvalue weighted by Gasteiger charge is 2.29. The van der Waals surface area contributed by atoms with Gasteiger partial charge in [0.2, 0.25) is 11.8 Å². The fraction of sp³-hybridized carbons (Fsp3) is 0.364. The van der Waals surface area contributed by atoms with Crippen molar-refractivity contribution >= 4 is 11.8 Å². The maximum absolute atomic E-state index is 12.6. The largest absolute Gasteiger partial charge is 0.389 e. The van der Waals surface area contributed by atoms with Gasteiger partial charge in [0.05, 0.1) is 19.1 Å². The first kappa shape index (κ1) is 19.1. The first-order valence-electron chi connectivity index (χ1n) is 9.43. The van der Waals surface area contributed by atoms with Gasteiger partial charge in [-0.25, -0.2) is 0 Å². The predicted molar refractivity (Wildman–Crippen MR) is 104 cm³/mol. The summed E-state index contributed by atoms with van der Waals surface area (Å²) in [4.78, 5) is 28.3. The number of rotatable bonds is 6. The van der Waals surface area contributed by atoms with Gasteiger partial charge in [-0.3, -0.25) is 9.59 Å². The molecule has 0 spiro atoms. The van der Waals surface area contributed by atoms with Crippen LogP contribution in [0.3, 0.4) is 0 Å². The van der Waals surface area contributed by atoms with Crippen molar-refractivity contribution in [3.63, 3.8) is 0 Å². The Morgan fingerprint density at radius 2 is 1.59 bits per heavy atom. The Morgan fingerprint density at radius 3 is 2.26 bits per heavy atom. The lowest BCUT2D eigenvalue weighted by Crippen LogP contribution is -2.40. The second-order valence-electron chi connectivity index (χ2n) is 7.02. The van der Waals surface area contributed by atoms with Crippen LogP contribution in [0.5, 0.6) is 0 Å². The Morgan fingerprint density at radius 1 is 0.963 bits per heavy atom. The van der Waals surface area contributed by atoms with Gasteiger partial charge in [-0.15, -0.1) is 0 Å². The molecule has 5 nitrogen and oxygen atoms in total. The third-order valence-corrected chi connectivity index (χ3v) is 4.83. The molecule has 5 heteroatoms. The third kappa shape index (κ3) is 5.66. The lowest BCUT2D eigenvalue weighted by Gasteiger charge is -2.22. The predicted octanol–water partition coefficient (Wildman–Crippen LogP) is 1.89. The summed E-state index contributed by atoms with van der Waals surface area (Å²) in [6.45, 7) is 1.11. The first-order chi connectivity index (χ1) is 13.1. The van der Waals surface area contributed by atoms with E-state index in [-0.39, 0.29) is 37.9 Å². The van der Waals surface area contributed by atoms with Crippen molar-refractivity contribution in [2.24, 2.45) is 0 Å². The zero-order chi connectivity index (χ0) is 19.1. The number of aliphatic hydroxyl groups is 1. The van der Waals surface area contributed by atoms with Gasteiger partial charge < -0.3 is 14.9 Å². The second kappa shape index (κ2) is 9.33. The molecule has 1 atom stereocenters. The van der Waals surface area contributed by atoms with Crippen molar-refractivity contribution in [1.82, 2.24) is 9.80 Å². The average Bonchev–Trinajstić information content (AvgIpc) is 2.82. The van der Waals surface area contributed by atoms with Crippen LogP contribution in [0, 0.1) is 0 Å². The number of amides is 2. The molecule has 1 N–H and O–H groups in total. The van der Waals surface area contributed by atoms with Crippen molar-refractivity contribution in [2.45, 2.75) is 25.4 Å². The van der Waals surface area contributed by atoms with Crippen molar-refractivity contribution in [2.75, 3.05) is 26.2 Å². The van der Waals surface area contributed by atoms with Crippen LogP contribution in [0.25, 0.3) is 0 Å². The number of hydrogen-bond donors (Lipinski definition) is 1. The summed E-state index contributed by atoms with van der Waals surface area (Å²) in [6, 6.07) is 19.6. The minimum Gasteiger partial charge on any atom is -0.389 e. The molecule has 0 saturated carbocycles. The van der Waals surface area contributed by atoms with Gasteiger partial charge in [-0.05, 0) is 24.0 Å². The summed E-state index contributed by atoms with van der Waals surface area (Å²) in [5.41, 5.74) is 2.15. The van der Waals surface area contributed by atoms with Gasteiger partial charge in [0.15, 0.2) is 0 Å². The Balaban J connectivity index is 1.54. The topological polar surface area (TPSA) is 60.9 Å². The number of carbonyl (C=O) groups is 2. The Kier molecular flexibility index (Phi) is 6.60. The summed E-state index contributed by atoms with van der Waals surface area (Å²) in [5.74, 6) is -0.222. The Bertz CT molecular complexity index is 749. The van der Waals surface area contributed by atoms with Gasteiger partial charge in [0, 0.05) is 19.6 Å². The van der Waals surface area contributed by atoms with E-state index in [0.29, 0.717) is 6.54 Å². The molecule has 1 aliphatic rings. The minimum atomic E-state index is -0.715. The van der Waals surface area contributed by atoms with Crippen molar-refractivity contribution in [3.05, 3.63) is 71.8 Å². The van der Waals surface area contributed by atoms with Gasteiger partial charge in [0.25, 0.3) is 0 Å². The highest BCUT2D eigenvalue weighted by Crippen LogP contribution is 2.11. The minimum absolute atomic E-state index is 0.0358. The maximum Gasteiger partial charge on any atom is 0.242 e.